The van der Waals surface area contributed by atoms with Crippen molar-refractivity contribution in [3.05, 3.63) is 87.4 Å². The summed E-state index contributed by atoms with van der Waals surface area (Å²) in [6, 6.07) is 2.08. The zero-order valence-corrected chi connectivity index (χ0v) is 21.6. The topological polar surface area (TPSA) is 155 Å². The Morgan fingerprint density at radius 1 is 0.618 bits per heavy atom. The van der Waals surface area contributed by atoms with Crippen LogP contribution >= 0.6 is 0 Å². The Kier molecular flexibility index (Phi) is 275. The number of carbonyl (C=O) groups excluding carboxylic acids is 3. The molecule has 10 heteroatoms. The Balaban J connectivity index is -0.0000000273. The van der Waals surface area contributed by atoms with E-state index in [1.54, 1.807) is 12.2 Å². The first-order valence-corrected chi connectivity index (χ1v) is 8.32. The van der Waals surface area contributed by atoms with Crippen LogP contribution < -0.4 is 0 Å². The van der Waals surface area contributed by atoms with Crippen molar-refractivity contribution in [2.45, 2.75) is 40.5 Å². The molecule has 0 aromatic carbocycles. The van der Waals surface area contributed by atoms with E-state index in [0.29, 0.717) is 6.42 Å². The van der Waals surface area contributed by atoms with Gasteiger partial charge in [0.15, 0.2) is 0 Å². The van der Waals surface area contributed by atoms with Gasteiger partial charge in [-0.1, -0.05) is 54.7 Å². The number of nitrogens with zero attached hydrogens (tertiary/aromatic N) is 1. The van der Waals surface area contributed by atoms with Crippen LogP contribution in [0.3, 0.4) is 0 Å². The minimum absolute atomic E-state index is 0. The summed E-state index contributed by atoms with van der Waals surface area (Å²) in [6.45, 7) is 24.8. The molecule has 0 fully saturated rings. The molecule has 0 N–H and O–H groups in total. The maximum Gasteiger partial charge on any atom is 0 e. The Bertz CT molecular complexity index is 578. The Labute approximate surface area is 224 Å². The smallest absolute Gasteiger partial charge is 0 e. The van der Waals surface area contributed by atoms with E-state index in [-0.39, 0.29) is 34.1 Å². The molecular formula is C24H29Fe2NO7. The summed E-state index contributed by atoms with van der Waals surface area (Å²) in [5.74, 6) is 0. The quantitative estimate of drug-likeness (QED) is 0.0897. The van der Waals surface area contributed by atoms with Crippen LogP contribution in [0.2, 0.25) is 0 Å². The maximum atomic E-state index is 9.56. The van der Waals surface area contributed by atoms with Crippen molar-refractivity contribution in [2.75, 3.05) is 0 Å². The molecule has 0 aliphatic rings. The molecule has 0 saturated carbocycles. The average molecular weight is 555 g/mol. The minimum Gasteiger partial charge on any atom is 0 e. The summed E-state index contributed by atoms with van der Waals surface area (Å²) < 4.78 is 30.0. The second-order valence-corrected chi connectivity index (χ2v) is 3.55. The largest absolute Gasteiger partial charge is 0 e. The first kappa shape index (κ1) is 63.3. The summed E-state index contributed by atoms with van der Waals surface area (Å²) in [5, 5.41) is 8.19. The molecule has 0 aliphatic carbocycles. The second kappa shape index (κ2) is 148. The molecule has 0 atom stereocenters. The molecule has 0 rings (SSSR count). The first-order chi connectivity index (χ1) is 15.7. The number of unbranched alkanes of at least 4 members (excludes halogenated alkanes) is 1. The second-order valence-electron chi connectivity index (χ2n) is 3.55. The maximum absolute atomic E-state index is 9.56. The van der Waals surface area contributed by atoms with Crippen molar-refractivity contribution in [1.82, 2.24) is 0 Å². The normalized spacial score (nSPS) is 7.03. The minimum atomic E-state index is 0. The third kappa shape index (κ3) is 274. The van der Waals surface area contributed by atoms with Crippen LogP contribution in [0.5, 0.6) is 0 Å². The molecule has 8 nitrogen and oxygen atoms in total. The zero-order valence-electron chi connectivity index (χ0n) is 19.4. The van der Waals surface area contributed by atoms with Crippen LogP contribution in [0, 0.1) is 37.9 Å². The molecule has 0 aromatic rings. The molecule has 0 saturated heterocycles. The molecule has 0 amide bonds. The van der Waals surface area contributed by atoms with Crippen molar-refractivity contribution < 1.29 is 67.1 Å². The van der Waals surface area contributed by atoms with Crippen molar-refractivity contribution >= 4 is 18.9 Å². The van der Waals surface area contributed by atoms with Crippen LogP contribution in [-0.2, 0) is 67.1 Å². The average Bonchev–Trinajstić information content (AvgIpc) is 2.85. The van der Waals surface area contributed by atoms with Crippen molar-refractivity contribution in [3.8, 4) is 6.07 Å². The number of allylic oxidation sites excluding steroid dienone is 10. The number of rotatable bonds is 6. The van der Waals surface area contributed by atoms with Gasteiger partial charge in [0.2, 0.25) is 0 Å². The fourth-order valence-electron chi connectivity index (χ4n) is 0.783. The van der Waals surface area contributed by atoms with E-state index >= 15 is 0 Å². The van der Waals surface area contributed by atoms with Gasteiger partial charge in [0.25, 0.3) is 0 Å². The van der Waals surface area contributed by atoms with Crippen molar-refractivity contribution in [1.29, 1.82) is 5.26 Å². The number of hydrogen-bond donors (Lipinski definition) is 0. The predicted octanol–water partition coefficient (Wildman–Crippen LogP) is 4.55. The van der Waals surface area contributed by atoms with Gasteiger partial charge in [-0.3, -0.25) is 4.79 Å². The zero-order chi connectivity index (χ0) is 27.3. The van der Waals surface area contributed by atoms with E-state index in [4.69, 9.17) is 33.5 Å². The van der Waals surface area contributed by atoms with E-state index in [9.17, 15) is 4.79 Å². The third-order valence-electron chi connectivity index (χ3n) is 1.58. The fraction of sp³-hybridized carbons (Fsp3) is 0.250. The number of aldehydes is 3. The molecule has 0 radical (unpaired) electrons. The van der Waals surface area contributed by atoms with Crippen molar-refractivity contribution in [3.63, 3.8) is 0 Å². The van der Waals surface area contributed by atoms with E-state index in [0.717, 1.165) is 25.3 Å². The van der Waals surface area contributed by atoms with E-state index < -0.39 is 0 Å². The van der Waals surface area contributed by atoms with Gasteiger partial charge in [0.1, 0.15) is 18.9 Å². The van der Waals surface area contributed by atoms with Gasteiger partial charge in [-0.25, -0.2) is 0 Å². The molecular weight excluding hydrogens is 526 g/mol. The summed E-state index contributed by atoms with van der Waals surface area (Å²) in [6.07, 6.45) is 22.3. The number of hydrogen-bond acceptors (Lipinski definition) is 4. The Morgan fingerprint density at radius 2 is 0.912 bits per heavy atom. The van der Waals surface area contributed by atoms with E-state index in [1.807, 2.05) is 56.4 Å². The van der Waals surface area contributed by atoms with Crippen LogP contribution in [-0.4, -0.2) is 18.9 Å². The molecule has 34 heavy (non-hydrogen) atoms. The summed E-state index contributed by atoms with van der Waals surface area (Å²) in [5.41, 5.74) is 0. The molecule has 0 aromatic heterocycles. The standard InChI is InChI=1S/C10H13N.C6H8O.2C2H4O.4CO.2Fe/c1-2-3-4-5-6-7-8-9-10-11;1-2-3-4-5-6-7;2*1-2-3;4*1-2;;/h2-7H,8-9H2,1H3;2-6H,1H3;2*2H,1H3;;;;;;/b3-2+,5-4+,7-6-;3-2+,5-4+;;;;;;;;. The molecule has 0 bridgehead atoms. The molecule has 0 heterocycles. The number of carbonyl (C=O) groups is 3. The predicted molar refractivity (Wildman–Crippen MR) is 117 cm³/mol. The first-order valence-electron chi connectivity index (χ1n) is 8.32. The number of nitriles is 1. The summed E-state index contributed by atoms with van der Waals surface area (Å²) in [7, 11) is 0. The Hall–Kier alpha value is -2.80. The monoisotopic (exact) mass is 555 g/mol. The van der Waals surface area contributed by atoms with Crippen LogP contribution in [0.15, 0.2) is 60.8 Å². The van der Waals surface area contributed by atoms with Crippen molar-refractivity contribution in [2.24, 2.45) is 0 Å². The van der Waals surface area contributed by atoms with Crippen LogP contribution in [0.25, 0.3) is 0 Å². The van der Waals surface area contributed by atoms with Gasteiger partial charge in [-0.2, -0.15) is 5.26 Å². The van der Waals surface area contributed by atoms with Crippen LogP contribution in [0.4, 0.5) is 0 Å². The van der Waals surface area contributed by atoms with E-state index in [2.05, 4.69) is 32.7 Å². The SMILES string of the molecule is C/C=C/C=C/C=C\CCC#N.C/C=C/C=C/C=O.CC=O.CC=O.[C-]#[O+].[C-]#[O+].[C-]#[O+].[C-]#[O+].[Fe].[Fe]. The Morgan fingerprint density at radius 3 is 1.18 bits per heavy atom. The van der Waals surface area contributed by atoms with Gasteiger partial charge in [-0.05, 0) is 40.2 Å². The third-order valence-corrected chi connectivity index (χ3v) is 1.58. The van der Waals surface area contributed by atoms with Gasteiger partial charge in [0.05, 0.1) is 6.07 Å². The summed E-state index contributed by atoms with van der Waals surface area (Å²) >= 11 is 0. The molecule has 188 valence electrons. The van der Waals surface area contributed by atoms with Gasteiger partial charge in [0, 0.05) is 40.6 Å². The molecule has 0 unspecified atom stereocenters. The van der Waals surface area contributed by atoms with Gasteiger partial charge >= 0.3 is 45.2 Å². The van der Waals surface area contributed by atoms with Gasteiger partial charge in [-0.15, -0.1) is 0 Å². The summed E-state index contributed by atoms with van der Waals surface area (Å²) in [4.78, 5) is 27.2. The van der Waals surface area contributed by atoms with E-state index in [1.165, 1.54) is 19.9 Å². The fourth-order valence-corrected chi connectivity index (χ4v) is 0.783. The molecule has 0 spiro atoms. The molecule has 0 aliphatic heterocycles. The van der Waals surface area contributed by atoms with Gasteiger partial charge < -0.3 is 9.59 Å². The van der Waals surface area contributed by atoms with Crippen LogP contribution in [0.1, 0.15) is 40.5 Å².